The molecule has 1 saturated heterocycles. The Bertz CT molecular complexity index is 616. The van der Waals surface area contributed by atoms with E-state index in [1.165, 1.54) is 0 Å². The standard InChI is InChI=1S/C17H22N2O4/c1-4-16(3)11-17(5-2,14(21)23-16)13(20)19-15(22)18-12-9-7-6-8-10-12/h6-10H,4-5,11H2,1-3H3,(H2,18,19,20,22). The SMILES string of the molecule is CCC1(C)CC(CC)(C(=O)NC(=O)Nc2ccccc2)C(=O)O1. The molecule has 0 aliphatic carbocycles. The molecule has 6 nitrogen and oxygen atoms in total. The molecule has 1 aliphatic heterocycles. The number of nitrogens with one attached hydrogen (secondary N) is 2. The molecule has 0 aromatic heterocycles. The number of esters is 1. The molecule has 0 saturated carbocycles. The van der Waals surface area contributed by atoms with E-state index in [-0.39, 0.29) is 12.8 Å². The first-order chi connectivity index (χ1) is 10.8. The maximum absolute atomic E-state index is 12.5. The van der Waals surface area contributed by atoms with Crippen LogP contribution in [0.1, 0.15) is 40.0 Å². The van der Waals surface area contributed by atoms with E-state index in [0.717, 1.165) is 0 Å². The summed E-state index contributed by atoms with van der Waals surface area (Å²) in [5.41, 5.74) is -1.41. The fourth-order valence-corrected chi connectivity index (χ4v) is 2.77. The molecule has 1 aromatic carbocycles. The number of hydrogen-bond acceptors (Lipinski definition) is 4. The Morgan fingerprint density at radius 3 is 2.35 bits per heavy atom. The predicted octanol–water partition coefficient (Wildman–Crippen LogP) is 2.85. The van der Waals surface area contributed by atoms with E-state index in [2.05, 4.69) is 10.6 Å². The van der Waals surface area contributed by atoms with Gasteiger partial charge in [0.15, 0.2) is 5.41 Å². The second kappa shape index (κ2) is 6.40. The molecule has 2 unspecified atom stereocenters. The molecule has 1 aromatic rings. The van der Waals surface area contributed by atoms with Crippen molar-refractivity contribution >= 4 is 23.6 Å². The monoisotopic (exact) mass is 318 g/mol. The fourth-order valence-electron chi connectivity index (χ4n) is 2.77. The largest absolute Gasteiger partial charge is 0.459 e. The summed E-state index contributed by atoms with van der Waals surface area (Å²) < 4.78 is 5.39. The Morgan fingerprint density at radius 1 is 1.17 bits per heavy atom. The molecule has 0 bridgehead atoms. The Labute approximate surface area is 135 Å². The van der Waals surface area contributed by atoms with Gasteiger partial charge in [0.25, 0.3) is 0 Å². The van der Waals surface area contributed by atoms with E-state index in [0.29, 0.717) is 12.1 Å². The van der Waals surface area contributed by atoms with Gasteiger partial charge in [-0.2, -0.15) is 0 Å². The highest BCUT2D eigenvalue weighted by atomic mass is 16.6. The second-order valence-electron chi connectivity index (χ2n) is 6.08. The first-order valence-corrected chi connectivity index (χ1v) is 7.76. The van der Waals surface area contributed by atoms with Crippen LogP contribution in [0.3, 0.4) is 0 Å². The third kappa shape index (κ3) is 3.36. The molecule has 0 spiro atoms. The number of amides is 3. The number of rotatable bonds is 4. The van der Waals surface area contributed by atoms with E-state index in [1.807, 2.05) is 13.0 Å². The van der Waals surface area contributed by atoms with Crippen molar-refractivity contribution in [3.8, 4) is 0 Å². The molecule has 124 valence electrons. The van der Waals surface area contributed by atoms with Gasteiger partial charge in [0.2, 0.25) is 5.91 Å². The lowest BCUT2D eigenvalue weighted by Gasteiger charge is -2.23. The van der Waals surface area contributed by atoms with Gasteiger partial charge in [-0.25, -0.2) is 4.79 Å². The summed E-state index contributed by atoms with van der Waals surface area (Å²) in [5, 5.41) is 4.83. The molecule has 2 atom stereocenters. The molecule has 0 radical (unpaired) electrons. The number of cyclic esters (lactones) is 1. The minimum Gasteiger partial charge on any atom is -0.459 e. The maximum Gasteiger partial charge on any atom is 0.325 e. The van der Waals surface area contributed by atoms with Crippen molar-refractivity contribution in [2.75, 3.05) is 5.32 Å². The van der Waals surface area contributed by atoms with E-state index in [1.54, 1.807) is 38.1 Å². The van der Waals surface area contributed by atoms with Crippen molar-refractivity contribution in [1.82, 2.24) is 5.32 Å². The average Bonchev–Trinajstić information content (AvgIpc) is 2.80. The molecule has 3 amide bonds. The van der Waals surface area contributed by atoms with Gasteiger partial charge in [-0.1, -0.05) is 32.0 Å². The van der Waals surface area contributed by atoms with Crippen molar-refractivity contribution in [3.05, 3.63) is 30.3 Å². The van der Waals surface area contributed by atoms with Gasteiger partial charge in [-0.3, -0.25) is 14.9 Å². The van der Waals surface area contributed by atoms with E-state index in [4.69, 9.17) is 4.74 Å². The van der Waals surface area contributed by atoms with Crippen LogP contribution in [0.5, 0.6) is 0 Å². The molecule has 2 rings (SSSR count). The lowest BCUT2D eigenvalue weighted by Crippen LogP contribution is -2.47. The van der Waals surface area contributed by atoms with Gasteiger partial charge in [-0.15, -0.1) is 0 Å². The van der Waals surface area contributed by atoms with Crippen LogP contribution in [-0.4, -0.2) is 23.5 Å². The van der Waals surface area contributed by atoms with Crippen molar-refractivity contribution in [1.29, 1.82) is 0 Å². The Hall–Kier alpha value is -2.37. The highest BCUT2D eigenvalue weighted by molar-refractivity contribution is 6.11. The number of benzene rings is 1. The quantitative estimate of drug-likeness (QED) is 0.660. The topological polar surface area (TPSA) is 84.5 Å². The molecule has 2 N–H and O–H groups in total. The molecule has 1 fully saturated rings. The average molecular weight is 318 g/mol. The summed E-state index contributed by atoms with van der Waals surface area (Å²) >= 11 is 0. The third-order valence-electron chi connectivity index (χ3n) is 4.45. The molecule has 1 heterocycles. The summed E-state index contributed by atoms with van der Waals surface area (Å²) in [7, 11) is 0. The summed E-state index contributed by atoms with van der Waals surface area (Å²) in [5.74, 6) is -1.18. The number of hydrogen-bond donors (Lipinski definition) is 2. The highest BCUT2D eigenvalue weighted by Crippen LogP contribution is 2.44. The minimum absolute atomic E-state index is 0.274. The van der Waals surface area contributed by atoms with Crippen molar-refractivity contribution in [2.24, 2.45) is 5.41 Å². The van der Waals surface area contributed by atoms with Crippen LogP contribution in [0.4, 0.5) is 10.5 Å². The van der Waals surface area contributed by atoms with Crippen molar-refractivity contribution in [3.63, 3.8) is 0 Å². The van der Waals surface area contributed by atoms with Crippen LogP contribution in [0.15, 0.2) is 30.3 Å². The van der Waals surface area contributed by atoms with Crippen LogP contribution in [0, 0.1) is 5.41 Å². The maximum atomic E-state index is 12.5. The lowest BCUT2D eigenvalue weighted by atomic mass is 9.77. The van der Waals surface area contributed by atoms with Crippen LogP contribution in [0.25, 0.3) is 0 Å². The number of imide groups is 1. The number of carbonyl (C=O) groups is 3. The van der Waals surface area contributed by atoms with Gasteiger partial charge in [-0.05, 0) is 31.9 Å². The van der Waals surface area contributed by atoms with Crippen LogP contribution in [0.2, 0.25) is 0 Å². The Balaban J connectivity index is 2.09. The first kappa shape index (κ1) is 17.0. The predicted molar refractivity (Wildman–Crippen MR) is 85.7 cm³/mol. The first-order valence-electron chi connectivity index (χ1n) is 7.76. The van der Waals surface area contributed by atoms with Gasteiger partial charge < -0.3 is 10.1 Å². The number of urea groups is 1. The van der Waals surface area contributed by atoms with E-state index in [9.17, 15) is 14.4 Å². The summed E-state index contributed by atoms with van der Waals surface area (Å²) in [6.45, 7) is 5.45. The summed E-state index contributed by atoms with van der Waals surface area (Å²) in [4.78, 5) is 36.8. The Kier molecular flexibility index (Phi) is 4.73. The highest BCUT2D eigenvalue weighted by Gasteiger charge is 2.57. The number of carbonyl (C=O) groups excluding carboxylic acids is 3. The van der Waals surface area contributed by atoms with Gasteiger partial charge >= 0.3 is 12.0 Å². The van der Waals surface area contributed by atoms with Crippen LogP contribution < -0.4 is 10.6 Å². The number of para-hydroxylation sites is 1. The third-order valence-corrected chi connectivity index (χ3v) is 4.45. The lowest BCUT2D eigenvalue weighted by molar-refractivity contribution is -0.156. The van der Waals surface area contributed by atoms with E-state index >= 15 is 0 Å². The molecular formula is C17H22N2O4. The zero-order chi connectivity index (χ0) is 17.1. The number of ether oxygens (including phenoxy) is 1. The molecule has 23 heavy (non-hydrogen) atoms. The zero-order valence-electron chi connectivity index (χ0n) is 13.6. The molecular weight excluding hydrogens is 296 g/mol. The van der Waals surface area contributed by atoms with Crippen LogP contribution >= 0.6 is 0 Å². The molecule has 1 aliphatic rings. The summed E-state index contributed by atoms with van der Waals surface area (Å²) in [6.07, 6.45) is 1.17. The second-order valence-corrected chi connectivity index (χ2v) is 6.08. The smallest absolute Gasteiger partial charge is 0.325 e. The van der Waals surface area contributed by atoms with E-state index < -0.39 is 28.9 Å². The van der Waals surface area contributed by atoms with Crippen molar-refractivity contribution < 1.29 is 19.1 Å². The van der Waals surface area contributed by atoms with Gasteiger partial charge in [0, 0.05) is 12.1 Å². The Morgan fingerprint density at radius 2 is 1.83 bits per heavy atom. The normalized spacial score (nSPS) is 26.5. The van der Waals surface area contributed by atoms with Crippen LogP contribution in [-0.2, 0) is 14.3 Å². The zero-order valence-corrected chi connectivity index (χ0v) is 13.6. The number of anilines is 1. The minimum atomic E-state index is -1.31. The van der Waals surface area contributed by atoms with Gasteiger partial charge in [0.1, 0.15) is 5.60 Å². The van der Waals surface area contributed by atoms with Gasteiger partial charge in [0.05, 0.1) is 0 Å². The molecule has 6 heteroatoms. The van der Waals surface area contributed by atoms with Crippen molar-refractivity contribution in [2.45, 2.75) is 45.6 Å². The summed E-state index contributed by atoms with van der Waals surface area (Å²) in [6, 6.07) is 8.11. The fraction of sp³-hybridized carbons (Fsp3) is 0.471.